The molecule has 2 fully saturated rings. The summed E-state index contributed by atoms with van der Waals surface area (Å²) in [6, 6.07) is 13.4. The summed E-state index contributed by atoms with van der Waals surface area (Å²) in [5, 5.41) is 0.866. The van der Waals surface area contributed by atoms with Crippen LogP contribution < -0.4 is 4.74 Å². The number of benzene rings is 2. The van der Waals surface area contributed by atoms with Crippen molar-refractivity contribution in [1.29, 1.82) is 0 Å². The average Bonchev–Trinajstić information content (AvgIpc) is 3.52. The zero-order valence-electron chi connectivity index (χ0n) is 19.9. The second kappa shape index (κ2) is 10.9. The van der Waals surface area contributed by atoms with Crippen LogP contribution in [0.1, 0.15) is 25.3 Å². The number of ether oxygens (including phenoxy) is 3. The monoisotopic (exact) mass is 517 g/mol. The van der Waals surface area contributed by atoms with E-state index in [1.165, 1.54) is 9.87 Å². The summed E-state index contributed by atoms with van der Waals surface area (Å²) < 4.78 is 46.8. The Hall–Kier alpha value is -2.11. The fourth-order valence-electron chi connectivity index (χ4n) is 4.46. The molecule has 2 aliphatic heterocycles. The molecule has 3 aromatic rings. The summed E-state index contributed by atoms with van der Waals surface area (Å²) in [5.74, 6) is 1.61. The van der Waals surface area contributed by atoms with Crippen molar-refractivity contribution in [3.8, 4) is 5.75 Å². The van der Waals surface area contributed by atoms with Gasteiger partial charge in [0.25, 0.3) is 0 Å². The van der Waals surface area contributed by atoms with Crippen LogP contribution >= 0.6 is 11.8 Å². The van der Waals surface area contributed by atoms with Crippen LogP contribution in [0, 0.1) is 0 Å². The molecule has 8 nitrogen and oxygen atoms in total. The Kier molecular flexibility index (Phi) is 7.64. The smallest absolute Gasteiger partial charge is 0.243 e. The van der Waals surface area contributed by atoms with Crippen molar-refractivity contribution < 1.29 is 22.6 Å². The first-order chi connectivity index (χ1) is 17.0. The number of morpholine rings is 1. The molecular formula is C25H31N3O5S2. The summed E-state index contributed by atoms with van der Waals surface area (Å²) in [7, 11) is -3.58. The summed E-state index contributed by atoms with van der Waals surface area (Å²) in [6.07, 6.45) is 2.23. The van der Waals surface area contributed by atoms with E-state index in [-0.39, 0.29) is 11.0 Å². The second-order valence-corrected chi connectivity index (χ2v) is 11.6. The standard InChI is InChI=1S/C25H31N3O5S2/c1-2-32-20-7-5-19(6-8-20)18-34-25-26-23-16-22(35(29,30)27-11-14-31-15-12-27)9-10-24(23)28(25)17-21-4-3-13-33-21/h5-10,16,21H,2-4,11-15,17-18H2,1H3/t21-/m1/s1. The molecule has 0 N–H and O–H groups in total. The lowest BCUT2D eigenvalue weighted by molar-refractivity contribution is 0.0730. The minimum atomic E-state index is -3.58. The van der Waals surface area contributed by atoms with Crippen LogP contribution in [0.5, 0.6) is 5.75 Å². The number of aromatic nitrogens is 2. The lowest BCUT2D eigenvalue weighted by atomic mass is 10.2. The van der Waals surface area contributed by atoms with Gasteiger partial charge in [0.05, 0.1) is 48.4 Å². The predicted octanol–water partition coefficient (Wildman–Crippen LogP) is 3.93. The number of sulfonamides is 1. The number of imidazole rings is 1. The van der Waals surface area contributed by atoms with Crippen molar-refractivity contribution in [2.75, 3.05) is 39.5 Å². The molecule has 0 amide bonds. The van der Waals surface area contributed by atoms with Gasteiger partial charge < -0.3 is 18.8 Å². The second-order valence-electron chi connectivity index (χ2n) is 8.67. The molecular weight excluding hydrogens is 486 g/mol. The largest absolute Gasteiger partial charge is 0.494 e. The lowest BCUT2D eigenvalue weighted by Crippen LogP contribution is -2.40. The van der Waals surface area contributed by atoms with Crippen molar-refractivity contribution in [3.63, 3.8) is 0 Å². The molecule has 1 atom stereocenters. The molecule has 188 valence electrons. The summed E-state index contributed by atoms with van der Waals surface area (Å²) >= 11 is 1.65. The van der Waals surface area contributed by atoms with Crippen LogP contribution in [-0.2, 0) is 31.8 Å². The fraction of sp³-hybridized carbons (Fsp3) is 0.480. The zero-order chi connectivity index (χ0) is 24.3. The molecule has 35 heavy (non-hydrogen) atoms. The first-order valence-corrected chi connectivity index (χ1v) is 14.5. The molecule has 0 radical (unpaired) electrons. The highest BCUT2D eigenvalue weighted by atomic mass is 32.2. The van der Waals surface area contributed by atoms with E-state index in [2.05, 4.69) is 16.7 Å². The normalized spacial score (nSPS) is 19.4. The van der Waals surface area contributed by atoms with E-state index in [0.717, 1.165) is 41.6 Å². The number of rotatable bonds is 9. The van der Waals surface area contributed by atoms with Gasteiger partial charge >= 0.3 is 0 Å². The highest BCUT2D eigenvalue weighted by Gasteiger charge is 2.27. The molecule has 0 bridgehead atoms. The molecule has 0 saturated carbocycles. The average molecular weight is 518 g/mol. The van der Waals surface area contributed by atoms with Crippen LogP contribution in [-0.4, -0.2) is 67.9 Å². The topological polar surface area (TPSA) is 82.9 Å². The van der Waals surface area contributed by atoms with Gasteiger partial charge in [0.2, 0.25) is 10.0 Å². The molecule has 2 aliphatic rings. The molecule has 2 saturated heterocycles. The van der Waals surface area contributed by atoms with Crippen LogP contribution in [0.2, 0.25) is 0 Å². The third kappa shape index (κ3) is 5.51. The van der Waals surface area contributed by atoms with Gasteiger partial charge in [-0.1, -0.05) is 23.9 Å². The number of fused-ring (bicyclic) bond motifs is 1. The molecule has 3 heterocycles. The first-order valence-electron chi connectivity index (χ1n) is 12.1. The van der Waals surface area contributed by atoms with Crippen molar-refractivity contribution in [2.24, 2.45) is 0 Å². The van der Waals surface area contributed by atoms with E-state index in [1.807, 2.05) is 25.1 Å². The lowest BCUT2D eigenvalue weighted by Gasteiger charge is -2.26. The number of thioether (sulfide) groups is 1. The Balaban J connectivity index is 1.43. The van der Waals surface area contributed by atoms with E-state index in [1.54, 1.807) is 23.9 Å². The van der Waals surface area contributed by atoms with Crippen LogP contribution in [0.15, 0.2) is 52.5 Å². The molecule has 10 heteroatoms. The van der Waals surface area contributed by atoms with Crippen molar-refractivity contribution in [3.05, 3.63) is 48.0 Å². The highest BCUT2D eigenvalue weighted by molar-refractivity contribution is 7.98. The minimum Gasteiger partial charge on any atom is -0.494 e. The van der Waals surface area contributed by atoms with E-state index >= 15 is 0 Å². The van der Waals surface area contributed by atoms with Crippen LogP contribution in [0.3, 0.4) is 0 Å². The number of hydrogen-bond donors (Lipinski definition) is 0. The quantitative estimate of drug-likeness (QED) is 0.398. The summed E-state index contributed by atoms with van der Waals surface area (Å²) in [4.78, 5) is 5.15. The Labute approximate surface area is 210 Å². The molecule has 2 aromatic carbocycles. The third-order valence-corrected chi connectivity index (χ3v) is 9.25. The molecule has 0 spiro atoms. The van der Waals surface area contributed by atoms with Crippen molar-refractivity contribution in [2.45, 2.75) is 48.2 Å². The van der Waals surface area contributed by atoms with Gasteiger partial charge in [0.1, 0.15) is 5.75 Å². The van der Waals surface area contributed by atoms with Crippen LogP contribution in [0.4, 0.5) is 0 Å². The van der Waals surface area contributed by atoms with Crippen molar-refractivity contribution in [1.82, 2.24) is 13.9 Å². The van der Waals surface area contributed by atoms with Gasteiger partial charge in [-0.25, -0.2) is 13.4 Å². The molecule has 0 aliphatic carbocycles. The van der Waals surface area contributed by atoms with Gasteiger partial charge in [0.15, 0.2) is 5.16 Å². The maximum atomic E-state index is 13.2. The minimum absolute atomic E-state index is 0.147. The van der Waals surface area contributed by atoms with E-state index in [9.17, 15) is 8.42 Å². The van der Waals surface area contributed by atoms with Gasteiger partial charge in [-0.15, -0.1) is 0 Å². The van der Waals surface area contributed by atoms with E-state index in [0.29, 0.717) is 45.0 Å². The summed E-state index contributed by atoms with van der Waals surface area (Å²) in [5.41, 5.74) is 2.78. The highest BCUT2D eigenvalue weighted by Crippen LogP contribution is 2.31. The first kappa shape index (κ1) is 24.6. The molecule has 5 rings (SSSR count). The van der Waals surface area contributed by atoms with E-state index < -0.39 is 10.0 Å². The van der Waals surface area contributed by atoms with Gasteiger partial charge in [-0.2, -0.15) is 4.31 Å². The predicted molar refractivity (Wildman–Crippen MR) is 135 cm³/mol. The van der Waals surface area contributed by atoms with Gasteiger partial charge in [-0.05, 0) is 55.7 Å². The third-order valence-electron chi connectivity index (χ3n) is 6.30. The molecule has 0 unspecified atom stereocenters. The fourth-order valence-corrected chi connectivity index (χ4v) is 6.87. The SMILES string of the molecule is CCOc1ccc(CSc2nc3cc(S(=O)(=O)N4CCOCC4)ccc3n2C[C@H]2CCCO2)cc1. The summed E-state index contributed by atoms with van der Waals surface area (Å²) in [6.45, 7) is 5.69. The van der Waals surface area contributed by atoms with Gasteiger partial charge in [-0.3, -0.25) is 0 Å². The molecule has 1 aromatic heterocycles. The number of hydrogen-bond acceptors (Lipinski definition) is 7. The zero-order valence-corrected chi connectivity index (χ0v) is 21.5. The maximum Gasteiger partial charge on any atom is 0.243 e. The maximum absolute atomic E-state index is 13.2. The van der Waals surface area contributed by atoms with E-state index in [4.69, 9.17) is 19.2 Å². The number of nitrogens with zero attached hydrogens (tertiary/aromatic N) is 3. The van der Waals surface area contributed by atoms with Crippen LogP contribution in [0.25, 0.3) is 11.0 Å². The van der Waals surface area contributed by atoms with Gasteiger partial charge in [0, 0.05) is 25.4 Å². The Bertz CT molecular complexity index is 1250. The Morgan fingerprint density at radius 1 is 1.11 bits per heavy atom. The Morgan fingerprint density at radius 3 is 2.63 bits per heavy atom. The Morgan fingerprint density at radius 2 is 1.91 bits per heavy atom. The van der Waals surface area contributed by atoms with Crippen molar-refractivity contribution >= 4 is 32.8 Å².